The fourth-order valence-electron chi connectivity index (χ4n) is 2.47. The molecule has 0 aliphatic carbocycles. The van der Waals surface area contributed by atoms with Crippen molar-refractivity contribution in [1.82, 2.24) is 5.32 Å². The van der Waals surface area contributed by atoms with Gasteiger partial charge in [0.1, 0.15) is 5.75 Å². The maximum atomic E-state index is 11.4. The molecule has 1 amide bonds. The molecule has 2 aromatic rings. The molecule has 3 nitrogen and oxygen atoms in total. The molecule has 1 atom stereocenters. The molecule has 0 aliphatic rings. The molecule has 100 valence electrons. The zero-order chi connectivity index (χ0) is 13.8. The molecule has 19 heavy (non-hydrogen) atoms. The van der Waals surface area contributed by atoms with Gasteiger partial charge in [-0.1, -0.05) is 43.7 Å². The minimum atomic E-state index is -0.145. The van der Waals surface area contributed by atoms with Gasteiger partial charge in [-0.15, -0.1) is 0 Å². The van der Waals surface area contributed by atoms with Crippen LogP contribution in [-0.4, -0.2) is 11.0 Å². The van der Waals surface area contributed by atoms with Gasteiger partial charge >= 0.3 is 0 Å². The standard InChI is InChI=1S/C16H19NO2/c1-3-6-14(17-11(2)18)16-13-8-5-4-7-12(13)9-10-15(16)19/h4-5,7-10,14,19H,3,6H2,1-2H3,(H,17,18). The molecule has 2 N–H and O–H groups in total. The van der Waals surface area contributed by atoms with E-state index < -0.39 is 0 Å². The van der Waals surface area contributed by atoms with Crippen molar-refractivity contribution in [2.45, 2.75) is 32.7 Å². The van der Waals surface area contributed by atoms with Gasteiger partial charge in [-0.2, -0.15) is 0 Å². The third-order valence-corrected chi connectivity index (χ3v) is 3.25. The molecule has 2 rings (SSSR count). The van der Waals surface area contributed by atoms with E-state index >= 15 is 0 Å². The van der Waals surface area contributed by atoms with Crippen molar-refractivity contribution >= 4 is 16.7 Å². The fourth-order valence-corrected chi connectivity index (χ4v) is 2.47. The number of carbonyl (C=O) groups is 1. The Morgan fingerprint density at radius 2 is 2.00 bits per heavy atom. The summed E-state index contributed by atoms with van der Waals surface area (Å²) in [5, 5.41) is 15.2. The molecule has 0 saturated carbocycles. The molecular formula is C16H19NO2. The summed E-state index contributed by atoms with van der Waals surface area (Å²) in [4.78, 5) is 11.4. The normalized spacial score (nSPS) is 12.3. The largest absolute Gasteiger partial charge is 0.508 e. The van der Waals surface area contributed by atoms with Gasteiger partial charge in [-0.25, -0.2) is 0 Å². The molecule has 2 aromatic carbocycles. The highest BCUT2D eigenvalue weighted by Gasteiger charge is 2.18. The summed E-state index contributed by atoms with van der Waals surface area (Å²) in [6.45, 7) is 3.57. The zero-order valence-electron chi connectivity index (χ0n) is 11.3. The second kappa shape index (κ2) is 5.74. The lowest BCUT2D eigenvalue weighted by atomic mass is 9.95. The van der Waals surface area contributed by atoms with Gasteiger partial charge in [0.2, 0.25) is 5.91 Å². The quantitative estimate of drug-likeness (QED) is 0.880. The zero-order valence-corrected chi connectivity index (χ0v) is 11.3. The second-order valence-electron chi connectivity index (χ2n) is 4.76. The van der Waals surface area contributed by atoms with E-state index in [-0.39, 0.29) is 17.7 Å². The summed E-state index contributed by atoms with van der Waals surface area (Å²) in [5.74, 6) is 0.164. The number of hydrogen-bond donors (Lipinski definition) is 2. The summed E-state index contributed by atoms with van der Waals surface area (Å²) in [7, 11) is 0. The van der Waals surface area contributed by atoms with Crippen molar-refractivity contribution in [3.05, 3.63) is 42.0 Å². The average molecular weight is 257 g/mol. The van der Waals surface area contributed by atoms with Crippen LogP contribution < -0.4 is 5.32 Å². The highest BCUT2D eigenvalue weighted by atomic mass is 16.3. The van der Waals surface area contributed by atoms with E-state index in [9.17, 15) is 9.90 Å². The van der Waals surface area contributed by atoms with Crippen LogP contribution in [-0.2, 0) is 4.79 Å². The Labute approximate surface area is 113 Å². The highest BCUT2D eigenvalue weighted by molar-refractivity contribution is 5.88. The van der Waals surface area contributed by atoms with Crippen molar-refractivity contribution < 1.29 is 9.90 Å². The maximum absolute atomic E-state index is 11.4. The SMILES string of the molecule is CCCC(NC(C)=O)c1c(O)ccc2ccccc12. The van der Waals surface area contributed by atoms with Gasteiger partial charge in [0.15, 0.2) is 0 Å². The van der Waals surface area contributed by atoms with Gasteiger partial charge in [0.05, 0.1) is 6.04 Å². The van der Waals surface area contributed by atoms with E-state index in [1.54, 1.807) is 6.07 Å². The maximum Gasteiger partial charge on any atom is 0.217 e. The van der Waals surface area contributed by atoms with Crippen molar-refractivity contribution in [2.24, 2.45) is 0 Å². The van der Waals surface area contributed by atoms with Gasteiger partial charge in [0, 0.05) is 12.5 Å². The topological polar surface area (TPSA) is 49.3 Å². The molecule has 0 spiro atoms. The van der Waals surface area contributed by atoms with Crippen LogP contribution in [0.25, 0.3) is 10.8 Å². The number of phenolic OH excluding ortho intramolecular Hbond substituents is 1. The molecule has 3 heteroatoms. The number of rotatable bonds is 4. The van der Waals surface area contributed by atoms with Crippen molar-refractivity contribution in [1.29, 1.82) is 0 Å². The number of aromatic hydroxyl groups is 1. The molecule has 0 aliphatic heterocycles. The summed E-state index contributed by atoms with van der Waals surface area (Å²) >= 11 is 0. The van der Waals surface area contributed by atoms with Gasteiger partial charge < -0.3 is 10.4 Å². The molecule has 0 fully saturated rings. The van der Waals surface area contributed by atoms with Gasteiger partial charge in [-0.05, 0) is 23.3 Å². The number of benzene rings is 2. The first-order chi connectivity index (χ1) is 9.13. The van der Waals surface area contributed by atoms with Crippen LogP contribution in [0.15, 0.2) is 36.4 Å². The van der Waals surface area contributed by atoms with E-state index in [1.165, 1.54) is 6.92 Å². The van der Waals surface area contributed by atoms with Crippen molar-refractivity contribution in [2.75, 3.05) is 0 Å². The van der Waals surface area contributed by atoms with E-state index in [1.807, 2.05) is 30.3 Å². The predicted octanol–water partition coefficient (Wildman–Crippen LogP) is 3.52. The van der Waals surface area contributed by atoms with Crippen LogP contribution in [0.1, 0.15) is 38.3 Å². The van der Waals surface area contributed by atoms with Crippen LogP contribution in [0.5, 0.6) is 5.75 Å². The van der Waals surface area contributed by atoms with E-state index in [0.717, 1.165) is 29.2 Å². The van der Waals surface area contributed by atoms with Crippen LogP contribution in [0.4, 0.5) is 0 Å². The number of hydrogen-bond acceptors (Lipinski definition) is 2. The Morgan fingerprint density at radius 1 is 1.26 bits per heavy atom. The Balaban J connectivity index is 2.56. The fraction of sp³-hybridized carbons (Fsp3) is 0.312. The number of carbonyl (C=O) groups excluding carboxylic acids is 1. The minimum absolute atomic E-state index is 0.0780. The van der Waals surface area contributed by atoms with Gasteiger partial charge in [-0.3, -0.25) is 4.79 Å². The van der Waals surface area contributed by atoms with E-state index in [2.05, 4.69) is 12.2 Å². The summed E-state index contributed by atoms with van der Waals surface area (Å²) in [5.41, 5.74) is 0.815. The Morgan fingerprint density at radius 3 is 2.68 bits per heavy atom. The molecule has 1 unspecified atom stereocenters. The lowest BCUT2D eigenvalue weighted by Gasteiger charge is -2.20. The first kappa shape index (κ1) is 13.4. The van der Waals surface area contributed by atoms with E-state index in [4.69, 9.17) is 0 Å². The summed E-state index contributed by atoms with van der Waals surface area (Å²) < 4.78 is 0. The number of phenols is 1. The van der Waals surface area contributed by atoms with Crippen molar-refractivity contribution in [3.8, 4) is 5.75 Å². The second-order valence-corrected chi connectivity index (χ2v) is 4.76. The lowest BCUT2D eigenvalue weighted by Crippen LogP contribution is -2.26. The third kappa shape index (κ3) is 2.87. The van der Waals surface area contributed by atoms with Crippen molar-refractivity contribution in [3.63, 3.8) is 0 Å². The first-order valence-electron chi connectivity index (χ1n) is 6.61. The molecule has 0 heterocycles. The van der Waals surface area contributed by atoms with Crippen LogP contribution in [0.3, 0.4) is 0 Å². The predicted molar refractivity (Wildman–Crippen MR) is 77.1 cm³/mol. The molecule has 0 aromatic heterocycles. The number of fused-ring (bicyclic) bond motifs is 1. The molecular weight excluding hydrogens is 238 g/mol. The molecule has 0 bridgehead atoms. The molecule has 0 saturated heterocycles. The number of nitrogens with one attached hydrogen (secondary N) is 1. The van der Waals surface area contributed by atoms with Crippen LogP contribution >= 0.6 is 0 Å². The van der Waals surface area contributed by atoms with Gasteiger partial charge in [0.25, 0.3) is 0 Å². The lowest BCUT2D eigenvalue weighted by molar-refractivity contribution is -0.119. The number of amides is 1. The summed E-state index contributed by atoms with van der Waals surface area (Å²) in [6.07, 6.45) is 1.74. The smallest absolute Gasteiger partial charge is 0.217 e. The third-order valence-electron chi connectivity index (χ3n) is 3.25. The summed E-state index contributed by atoms with van der Waals surface area (Å²) in [6, 6.07) is 11.4. The van der Waals surface area contributed by atoms with Crippen LogP contribution in [0.2, 0.25) is 0 Å². The first-order valence-corrected chi connectivity index (χ1v) is 6.61. The Kier molecular flexibility index (Phi) is 4.05. The minimum Gasteiger partial charge on any atom is -0.508 e. The highest BCUT2D eigenvalue weighted by Crippen LogP contribution is 2.34. The Bertz CT molecular complexity index is 592. The van der Waals surface area contributed by atoms with E-state index in [0.29, 0.717) is 0 Å². The van der Waals surface area contributed by atoms with Crippen LogP contribution in [0, 0.1) is 0 Å². The monoisotopic (exact) mass is 257 g/mol. The Hall–Kier alpha value is -2.03. The average Bonchev–Trinajstić information content (AvgIpc) is 2.37. The molecule has 0 radical (unpaired) electrons.